The van der Waals surface area contributed by atoms with Crippen molar-refractivity contribution in [2.75, 3.05) is 0 Å². The molecule has 1 rings (SSSR count). The summed E-state index contributed by atoms with van der Waals surface area (Å²) >= 11 is 0. The van der Waals surface area contributed by atoms with Crippen LogP contribution in [0.2, 0.25) is 0 Å². The lowest BCUT2D eigenvalue weighted by atomic mass is 9.99. The van der Waals surface area contributed by atoms with Crippen LogP contribution in [-0.4, -0.2) is 6.04 Å². The normalized spacial score (nSPS) is 14.9. The van der Waals surface area contributed by atoms with Gasteiger partial charge in [-0.1, -0.05) is 37.6 Å². The topological polar surface area (TPSA) is 52.0 Å². The van der Waals surface area contributed by atoms with E-state index in [1.54, 1.807) is 0 Å². The molecule has 1 aromatic carbocycles. The van der Waals surface area contributed by atoms with Crippen LogP contribution in [0.1, 0.15) is 43.9 Å². The van der Waals surface area contributed by atoms with Gasteiger partial charge in [0.1, 0.15) is 0 Å². The van der Waals surface area contributed by atoms with Gasteiger partial charge >= 0.3 is 0 Å². The monoisotopic (exact) mass is 206 g/mol. The molecular weight excluding hydrogens is 184 g/mol. The van der Waals surface area contributed by atoms with E-state index in [1.165, 1.54) is 17.5 Å². The van der Waals surface area contributed by atoms with E-state index in [0.29, 0.717) is 0 Å². The van der Waals surface area contributed by atoms with Gasteiger partial charge in [0.25, 0.3) is 0 Å². The first kappa shape index (κ1) is 12.2. The van der Waals surface area contributed by atoms with Crippen molar-refractivity contribution >= 4 is 0 Å². The Morgan fingerprint density at radius 2 is 1.73 bits per heavy atom. The largest absolute Gasteiger partial charge is 0.328 e. The number of hydrogen-bond acceptors (Lipinski definition) is 2. The van der Waals surface area contributed by atoms with E-state index < -0.39 is 0 Å². The molecule has 0 bridgehead atoms. The molecule has 1 aromatic rings. The first-order valence-electron chi connectivity index (χ1n) is 5.73. The molecule has 0 aliphatic carbocycles. The van der Waals surface area contributed by atoms with E-state index in [9.17, 15) is 0 Å². The first-order valence-corrected chi connectivity index (χ1v) is 5.73. The Kier molecular flexibility index (Phi) is 4.79. The van der Waals surface area contributed by atoms with Gasteiger partial charge in [0.05, 0.1) is 0 Å². The Bertz CT molecular complexity index is 277. The van der Waals surface area contributed by atoms with Crippen LogP contribution >= 0.6 is 0 Å². The Labute approximate surface area is 92.7 Å². The third-order valence-corrected chi connectivity index (χ3v) is 2.57. The molecular formula is C13H22N2. The summed E-state index contributed by atoms with van der Waals surface area (Å²) in [6.07, 6.45) is 3.17. The first-order chi connectivity index (χ1) is 7.13. The second kappa shape index (κ2) is 5.89. The van der Waals surface area contributed by atoms with Crippen LogP contribution in [0.15, 0.2) is 24.3 Å². The number of rotatable bonds is 5. The molecule has 0 aliphatic rings. The number of benzene rings is 1. The Morgan fingerprint density at radius 1 is 1.13 bits per heavy atom. The summed E-state index contributed by atoms with van der Waals surface area (Å²) in [4.78, 5) is 0. The highest BCUT2D eigenvalue weighted by Crippen LogP contribution is 2.16. The third kappa shape index (κ3) is 4.02. The highest BCUT2D eigenvalue weighted by molar-refractivity contribution is 5.25. The van der Waals surface area contributed by atoms with Gasteiger partial charge in [-0.05, 0) is 30.9 Å². The molecule has 0 radical (unpaired) electrons. The predicted molar refractivity (Wildman–Crippen MR) is 65.6 cm³/mol. The fourth-order valence-electron chi connectivity index (χ4n) is 1.76. The lowest BCUT2D eigenvalue weighted by Gasteiger charge is -2.14. The van der Waals surface area contributed by atoms with E-state index >= 15 is 0 Å². The zero-order valence-corrected chi connectivity index (χ0v) is 9.74. The van der Waals surface area contributed by atoms with Crippen molar-refractivity contribution < 1.29 is 0 Å². The summed E-state index contributed by atoms with van der Waals surface area (Å²) in [6, 6.07) is 8.81. The van der Waals surface area contributed by atoms with Gasteiger partial charge in [-0.15, -0.1) is 0 Å². The lowest BCUT2D eigenvalue weighted by Crippen LogP contribution is -2.23. The zero-order chi connectivity index (χ0) is 11.3. The SMILES string of the molecule is CCCc1ccc(C(N)CC(C)N)cc1. The maximum Gasteiger partial charge on any atom is 0.0309 e. The maximum atomic E-state index is 6.04. The van der Waals surface area contributed by atoms with Crippen molar-refractivity contribution in [1.29, 1.82) is 0 Å². The molecule has 0 saturated heterocycles. The Hall–Kier alpha value is -0.860. The fourth-order valence-corrected chi connectivity index (χ4v) is 1.76. The van der Waals surface area contributed by atoms with E-state index in [4.69, 9.17) is 11.5 Å². The van der Waals surface area contributed by atoms with Crippen LogP contribution < -0.4 is 11.5 Å². The third-order valence-electron chi connectivity index (χ3n) is 2.57. The van der Waals surface area contributed by atoms with Gasteiger partial charge in [0.2, 0.25) is 0 Å². The van der Waals surface area contributed by atoms with Crippen molar-refractivity contribution in [3.05, 3.63) is 35.4 Å². The van der Waals surface area contributed by atoms with Crippen molar-refractivity contribution in [3.63, 3.8) is 0 Å². The van der Waals surface area contributed by atoms with Crippen molar-refractivity contribution in [2.45, 2.75) is 45.2 Å². The summed E-state index contributed by atoms with van der Waals surface area (Å²) in [5.74, 6) is 0. The van der Waals surface area contributed by atoms with Crippen LogP contribution in [0, 0.1) is 0 Å². The number of hydrogen-bond donors (Lipinski definition) is 2. The molecule has 0 spiro atoms. The minimum atomic E-state index is 0.0701. The molecule has 4 N–H and O–H groups in total. The quantitative estimate of drug-likeness (QED) is 0.777. The minimum Gasteiger partial charge on any atom is -0.328 e. The molecule has 84 valence electrons. The molecule has 0 fully saturated rings. The second-order valence-corrected chi connectivity index (χ2v) is 4.31. The fraction of sp³-hybridized carbons (Fsp3) is 0.538. The maximum absolute atomic E-state index is 6.04. The standard InChI is InChI=1S/C13H22N2/c1-3-4-11-5-7-12(8-6-11)13(15)9-10(2)14/h5-8,10,13H,3-4,9,14-15H2,1-2H3. The van der Waals surface area contributed by atoms with Gasteiger partial charge in [-0.25, -0.2) is 0 Å². The lowest BCUT2D eigenvalue weighted by molar-refractivity contribution is 0.568. The van der Waals surface area contributed by atoms with E-state index in [2.05, 4.69) is 31.2 Å². The zero-order valence-electron chi connectivity index (χ0n) is 9.74. The van der Waals surface area contributed by atoms with Crippen LogP contribution in [-0.2, 0) is 6.42 Å². The van der Waals surface area contributed by atoms with Crippen molar-refractivity contribution in [1.82, 2.24) is 0 Å². The summed E-state index contributed by atoms with van der Waals surface area (Å²) in [6.45, 7) is 4.18. The molecule has 0 aromatic heterocycles. The van der Waals surface area contributed by atoms with Crippen LogP contribution in [0.25, 0.3) is 0 Å². The average Bonchev–Trinajstić information content (AvgIpc) is 2.18. The molecule has 2 nitrogen and oxygen atoms in total. The van der Waals surface area contributed by atoms with Gasteiger partial charge in [-0.3, -0.25) is 0 Å². The summed E-state index contributed by atoms with van der Waals surface area (Å²) in [5, 5.41) is 0. The molecule has 2 atom stereocenters. The van der Waals surface area contributed by atoms with Crippen LogP contribution in [0.4, 0.5) is 0 Å². The van der Waals surface area contributed by atoms with Gasteiger partial charge in [-0.2, -0.15) is 0 Å². The highest BCUT2D eigenvalue weighted by Gasteiger charge is 2.07. The molecule has 2 unspecified atom stereocenters. The molecule has 15 heavy (non-hydrogen) atoms. The summed E-state index contributed by atoms with van der Waals surface area (Å²) < 4.78 is 0. The van der Waals surface area contributed by atoms with Crippen LogP contribution in [0.5, 0.6) is 0 Å². The number of aryl methyl sites for hydroxylation is 1. The van der Waals surface area contributed by atoms with E-state index in [-0.39, 0.29) is 12.1 Å². The smallest absolute Gasteiger partial charge is 0.0309 e. The Balaban J connectivity index is 2.62. The van der Waals surface area contributed by atoms with Gasteiger partial charge in [0, 0.05) is 12.1 Å². The van der Waals surface area contributed by atoms with Crippen molar-refractivity contribution in [2.24, 2.45) is 11.5 Å². The molecule has 0 saturated carbocycles. The van der Waals surface area contributed by atoms with E-state index in [0.717, 1.165) is 12.8 Å². The van der Waals surface area contributed by atoms with Crippen LogP contribution in [0.3, 0.4) is 0 Å². The summed E-state index contributed by atoms with van der Waals surface area (Å²) in [7, 11) is 0. The predicted octanol–water partition coefficient (Wildman–Crippen LogP) is 2.38. The second-order valence-electron chi connectivity index (χ2n) is 4.31. The minimum absolute atomic E-state index is 0.0701. The summed E-state index contributed by atoms with van der Waals surface area (Å²) in [5.41, 5.74) is 14.3. The van der Waals surface area contributed by atoms with Crippen molar-refractivity contribution in [3.8, 4) is 0 Å². The number of nitrogens with two attached hydrogens (primary N) is 2. The molecule has 2 heteroatoms. The Morgan fingerprint density at radius 3 is 2.20 bits per heavy atom. The van der Waals surface area contributed by atoms with Gasteiger partial charge < -0.3 is 11.5 Å². The molecule has 0 aliphatic heterocycles. The highest BCUT2D eigenvalue weighted by atomic mass is 14.7. The average molecular weight is 206 g/mol. The van der Waals surface area contributed by atoms with E-state index in [1.807, 2.05) is 6.92 Å². The molecule has 0 heterocycles. The van der Waals surface area contributed by atoms with Gasteiger partial charge in [0.15, 0.2) is 0 Å². The molecule has 0 amide bonds.